The van der Waals surface area contributed by atoms with Crippen molar-refractivity contribution in [3.63, 3.8) is 0 Å². The number of hydrogen-bond donors (Lipinski definition) is 1. The molecule has 0 spiro atoms. The molecule has 4 heteroatoms. The van der Waals surface area contributed by atoms with Gasteiger partial charge in [0.2, 0.25) is 0 Å². The molecule has 2 aliphatic carbocycles. The van der Waals surface area contributed by atoms with Crippen LogP contribution in [0.15, 0.2) is 12.3 Å². The highest BCUT2D eigenvalue weighted by Crippen LogP contribution is 2.30. The lowest BCUT2D eigenvalue weighted by atomic mass is 10.2. The summed E-state index contributed by atoms with van der Waals surface area (Å²) < 4.78 is 2.18. The SMILES string of the molecule is NC(CSC1CCCC1)Cc1ccn(C2CCCC2)n1. The van der Waals surface area contributed by atoms with E-state index in [1.165, 1.54) is 57.1 Å². The third-order valence-corrected chi connectivity index (χ3v) is 6.25. The van der Waals surface area contributed by atoms with Gasteiger partial charge in [0.25, 0.3) is 0 Å². The van der Waals surface area contributed by atoms with Crippen LogP contribution in [0.3, 0.4) is 0 Å². The Hall–Kier alpha value is -0.480. The summed E-state index contributed by atoms with van der Waals surface area (Å²) in [6, 6.07) is 3.07. The van der Waals surface area contributed by atoms with Gasteiger partial charge in [-0.2, -0.15) is 16.9 Å². The summed E-state index contributed by atoms with van der Waals surface area (Å²) in [6.45, 7) is 0. The van der Waals surface area contributed by atoms with Gasteiger partial charge in [0.05, 0.1) is 11.7 Å². The topological polar surface area (TPSA) is 43.8 Å². The van der Waals surface area contributed by atoms with E-state index in [9.17, 15) is 0 Å². The monoisotopic (exact) mass is 293 g/mol. The zero-order valence-corrected chi connectivity index (χ0v) is 13.2. The molecule has 1 aromatic rings. The number of nitrogens with two attached hydrogens (primary N) is 1. The van der Waals surface area contributed by atoms with Crippen LogP contribution in [0.1, 0.15) is 63.1 Å². The zero-order chi connectivity index (χ0) is 13.8. The van der Waals surface area contributed by atoms with Crippen molar-refractivity contribution in [1.29, 1.82) is 0 Å². The summed E-state index contributed by atoms with van der Waals surface area (Å²) in [6.07, 6.45) is 14.0. The molecule has 1 aromatic heterocycles. The third kappa shape index (κ3) is 3.79. The van der Waals surface area contributed by atoms with E-state index < -0.39 is 0 Å². The van der Waals surface area contributed by atoms with Crippen LogP contribution in [0.25, 0.3) is 0 Å². The molecule has 112 valence electrons. The van der Waals surface area contributed by atoms with Crippen molar-refractivity contribution >= 4 is 11.8 Å². The number of aromatic nitrogens is 2. The van der Waals surface area contributed by atoms with E-state index in [2.05, 4.69) is 28.7 Å². The minimum Gasteiger partial charge on any atom is -0.327 e. The first-order valence-electron chi connectivity index (χ1n) is 8.22. The number of nitrogens with zero attached hydrogens (tertiary/aromatic N) is 2. The van der Waals surface area contributed by atoms with Gasteiger partial charge in [0.1, 0.15) is 0 Å². The second-order valence-corrected chi connectivity index (χ2v) is 7.76. The van der Waals surface area contributed by atoms with Crippen molar-refractivity contribution in [3.8, 4) is 0 Å². The summed E-state index contributed by atoms with van der Waals surface area (Å²) in [5, 5.41) is 5.61. The number of hydrogen-bond acceptors (Lipinski definition) is 3. The Morgan fingerprint density at radius 1 is 1.20 bits per heavy atom. The molecule has 0 radical (unpaired) electrons. The van der Waals surface area contributed by atoms with Gasteiger partial charge in [-0.3, -0.25) is 4.68 Å². The second kappa shape index (κ2) is 6.99. The number of thioether (sulfide) groups is 1. The minimum absolute atomic E-state index is 0.257. The fourth-order valence-corrected chi connectivity index (χ4v) is 4.80. The van der Waals surface area contributed by atoms with Gasteiger partial charge in [-0.05, 0) is 31.7 Å². The third-order valence-electron chi connectivity index (χ3n) is 4.68. The van der Waals surface area contributed by atoms with Crippen molar-refractivity contribution in [3.05, 3.63) is 18.0 Å². The lowest BCUT2D eigenvalue weighted by Gasteiger charge is -2.14. The Morgan fingerprint density at radius 3 is 2.65 bits per heavy atom. The van der Waals surface area contributed by atoms with Crippen molar-refractivity contribution in [1.82, 2.24) is 9.78 Å². The second-order valence-electron chi connectivity index (χ2n) is 6.43. The quantitative estimate of drug-likeness (QED) is 0.872. The molecule has 0 aliphatic heterocycles. The average molecular weight is 293 g/mol. The fraction of sp³-hybridized carbons (Fsp3) is 0.812. The average Bonchev–Trinajstić information content (AvgIpc) is 3.18. The Balaban J connectivity index is 1.44. The summed E-state index contributed by atoms with van der Waals surface area (Å²) >= 11 is 2.08. The summed E-state index contributed by atoms with van der Waals surface area (Å²) in [7, 11) is 0. The largest absolute Gasteiger partial charge is 0.327 e. The summed E-state index contributed by atoms with van der Waals surface area (Å²) in [5.74, 6) is 1.08. The van der Waals surface area contributed by atoms with Crippen molar-refractivity contribution < 1.29 is 0 Å². The first-order chi connectivity index (χ1) is 9.81. The molecule has 1 heterocycles. The van der Waals surface area contributed by atoms with E-state index in [1.54, 1.807) is 0 Å². The molecular weight excluding hydrogens is 266 g/mol. The van der Waals surface area contributed by atoms with Crippen LogP contribution in [0.5, 0.6) is 0 Å². The highest BCUT2D eigenvalue weighted by Gasteiger charge is 2.19. The predicted octanol–water partition coefficient (Wildman–Crippen LogP) is 3.54. The van der Waals surface area contributed by atoms with Crippen LogP contribution in [-0.4, -0.2) is 26.8 Å². The van der Waals surface area contributed by atoms with E-state index in [-0.39, 0.29) is 6.04 Å². The molecule has 2 N–H and O–H groups in total. The van der Waals surface area contributed by atoms with Gasteiger partial charge in [-0.1, -0.05) is 25.7 Å². The molecular formula is C16H27N3S. The molecule has 0 saturated heterocycles. The van der Waals surface area contributed by atoms with Crippen molar-refractivity contribution in [2.75, 3.05) is 5.75 Å². The van der Waals surface area contributed by atoms with Crippen LogP contribution < -0.4 is 5.73 Å². The van der Waals surface area contributed by atoms with Gasteiger partial charge >= 0.3 is 0 Å². The molecule has 0 bridgehead atoms. The van der Waals surface area contributed by atoms with Crippen molar-refractivity contribution in [2.45, 2.75) is 75.1 Å². The molecule has 3 rings (SSSR count). The van der Waals surface area contributed by atoms with Crippen LogP contribution in [-0.2, 0) is 6.42 Å². The smallest absolute Gasteiger partial charge is 0.0640 e. The zero-order valence-electron chi connectivity index (χ0n) is 12.3. The van der Waals surface area contributed by atoms with E-state index in [0.29, 0.717) is 6.04 Å². The summed E-state index contributed by atoms with van der Waals surface area (Å²) in [4.78, 5) is 0. The van der Waals surface area contributed by atoms with E-state index in [4.69, 9.17) is 10.8 Å². The van der Waals surface area contributed by atoms with Crippen LogP contribution in [0.2, 0.25) is 0 Å². The molecule has 2 saturated carbocycles. The molecule has 1 atom stereocenters. The van der Waals surface area contributed by atoms with Gasteiger partial charge in [0.15, 0.2) is 0 Å². The Bertz CT molecular complexity index is 406. The highest BCUT2D eigenvalue weighted by molar-refractivity contribution is 7.99. The predicted molar refractivity (Wildman–Crippen MR) is 86.1 cm³/mol. The normalized spacial score (nSPS) is 22.6. The van der Waals surface area contributed by atoms with Crippen LogP contribution in [0.4, 0.5) is 0 Å². The highest BCUT2D eigenvalue weighted by atomic mass is 32.2. The molecule has 3 nitrogen and oxygen atoms in total. The minimum atomic E-state index is 0.257. The van der Waals surface area contributed by atoms with Gasteiger partial charge < -0.3 is 5.73 Å². The molecule has 2 aliphatic rings. The Morgan fingerprint density at radius 2 is 1.90 bits per heavy atom. The van der Waals surface area contributed by atoms with Crippen LogP contribution in [0, 0.1) is 0 Å². The lowest BCUT2D eigenvalue weighted by molar-refractivity contribution is 0.461. The van der Waals surface area contributed by atoms with Crippen molar-refractivity contribution in [2.24, 2.45) is 5.73 Å². The maximum atomic E-state index is 6.28. The Labute approximate surface area is 126 Å². The maximum absolute atomic E-state index is 6.28. The van der Waals surface area contributed by atoms with Gasteiger partial charge in [-0.25, -0.2) is 0 Å². The number of rotatable bonds is 6. The fourth-order valence-electron chi connectivity index (χ4n) is 3.50. The molecule has 2 fully saturated rings. The van der Waals surface area contributed by atoms with Gasteiger partial charge in [-0.15, -0.1) is 0 Å². The summed E-state index contributed by atoms with van der Waals surface area (Å²) in [5.41, 5.74) is 7.45. The first-order valence-corrected chi connectivity index (χ1v) is 9.27. The van der Waals surface area contributed by atoms with E-state index >= 15 is 0 Å². The molecule has 0 aromatic carbocycles. The van der Waals surface area contributed by atoms with Crippen LogP contribution >= 0.6 is 11.8 Å². The van der Waals surface area contributed by atoms with Gasteiger partial charge in [0, 0.05) is 29.7 Å². The molecule has 1 unspecified atom stereocenters. The Kier molecular flexibility index (Phi) is 5.05. The maximum Gasteiger partial charge on any atom is 0.0640 e. The molecule has 0 amide bonds. The van der Waals surface area contributed by atoms with E-state index in [1.807, 2.05) is 0 Å². The standard InChI is InChI=1S/C16H27N3S/c17-13(12-20-16-7-3-4-8-16)11-14-9-10-19(18-14)15-5-1-2-6-15/h9-10,13,15-16H,1-8,11-12,17H2. The van der Waals surface area contributed by atoms with E-state index in [0.717, 1.165) is 17.4 Å². The molecule has 20 heavy (non-hydrogen) atoms. The first kappa shape index (κ1) is 14.5. The lowest BCUT2D eigenvalue weighted by Crippen LogP contribution is -2.27.